The van der Waals surface area contributed by atoms with Gasteiger partial charge in [-0.15, -0.1) is 0 Å². The minimum absolute atomic E-state index is 0.120. The highest BCUT2D eigenvalue weighted by atomic mass is 16.5. The molecule has 9 heteroatoms. The smallest absolute Gasteiger partial charge is 0.323 e. The first kappa shape index (κ1) is 18.8. The van der Waals surface area contributed by atoms with Gasteiger partial charge in [0.25, 0.3) is 0 Å². The van der Waals surface area contributed by atoms with Crippen LogP contribution in [0, 0.1) is 0 Å². The number of benzene rings is 1. The normalized spacial score (nSPS) is 22.6. The molecule has 0 radical (unpaired) electrons. The van der Waals surface area contributed by atoms with Gasteiger partial charge in [0.1, 0.15) is 24.6 Å². The Morgan fingerprint density at radius 1 is 1.22 bits per heavy atom. The minimum Gasteiger partial charge on any atom is -0.497 e. The number of carbonyl (C=O) groups is 3. The highest BCUT2D eigenvalue weighted by molar-refractivity contribution is 5.88. The van der Waals surface area contributed by atoms with Crippen molar-refractivity contribution in [2.24, 2.45) is 0 Å². The Morgan fingerprint density at radius 2 is 1.89 bits per heavy atom. The van der Waals surface area contributed by atoms with Crippen LogP contribution in [-0.4, -0.2) is 72.8 Å². The van der Waals surface area contributed by atoms with E-state index in [2.05, 4.69) is 10.6 Å². The number of methoxy groups -OCH3 is 1. The van der Waals surface area contributed by atoms with Crippen molar-refractivity contribution in [3.63, 3.8) is 0 Å². The van der Waals surface area contributed by atoms with Crippen LogP contribution in [0.25, 0.3) is 0 Å². The van der Waals surface area contributed by atoms with Crippen molar-refractivity contribution in [2.75, 3.05) is 27.7 Å². The lowest BCUT2D eigenvalue weighted by atomic mass is 10.0. The molecule has 0 bridgehead atoms. The van der Waals surface area contributed by atoms with Crippen molar-refractivity contribution >= 4 is 18.0 Å². The van der Waals surface area contributed by atoms with Crippen molar-refractivity contribution in [1.29, 1.82) is 0 Å². The van der Waals surface area contributed by atoms with E-state index in [1.54, 1.807) is 21.2 Å². The van der Waals surface area contributed by atoms with Crippen molar-refractivity contribution < 1.29 is 19.1 Å². The van der Waals surface area contributed by atoms with E-state index in [0.29, 0.717) is 6.42 Å². The maximum Gasteiger partial charge on any atom is 0.323 e. The molecule has 2 aliphatic heterocycles. The van der Waals surface area contributed by atoms with Gasteiger partial charge in [0.05, 0.1) is 13.2 Å². The number of likely N-dealkylation sites (N-methyl/N-ethyl adjacent to an activating group) is 2. The maximum absolute atomic E-state index is 12.6. The second kappa shape index (κ2) is 7.34. The van der Waals surface area contributed by atoms with Gasteiger partial charge in [0, 0.05) is 14.1 Å². The zero-order valence-electron chi connectivity index (χ0n) is 15.9. The van der Waals surface area contributed by atoms with Crippen LogP contribution in [0.15, 0.2) is 24.3 Å². The summed E-state index contributed by atoms with van der Waals surface area (Å²) in [5.41, 5.74) is 0.961. The molecule has 3 atom stereocenters. The highest BCUT2D eigenvalue weighted by Crippen LogP contribution is 2.26. The van der Waals surface area contributed by atoms with E-state index in [9.17, 15) is 14.4 Å². The summed E-state index contributed by atoms with van der Waals surface area (Å²) in [7, 11) is 4.86. The minimum atomic E-state index is -0.498. The molecule has 1 aromatic rings. The van der Waals surface area contributed by atoms with E-state index in [-0.39, 0.29) is 30.6 Å². The summed E-state index contributed by atoms with van der Waals surface area (Å²) in [5, 5.41) is 5.72. The summed E-state index contributed by atoms with van der Waals surface area (Å²) in [6.07, 6.45) is -0.245. The Kier molecular flexibility index (Phi) is 5.11. The molecule has 2 saturated heterocycles. The molecular formula is C18H25N5O4. The molecule has 3 rings (SSSR count). The van der Waals surface area contributed by atoms with Crippen LogP contribution in [0.4, 0.5) is 9.59 Å². The molecule has 0 spiro atoms. The first-order chi connectivity index (χ1) is 12.9. The molecular weight excluding hydrogens is 350 g/mol. The average Bonchev–Trinajstić information content (AvgIpc) is 3.09. The molecule has 0 aliphatic carbocycles. The fourth-order valence-electron chi connectivity index (χ4n) is 3.59. The molecule has 5 amide bonds. The van der Waals surface area contributed by atoms with Crippen LogP contribution < -0.4 is 15.4 Å². The van der Waals surface area contributed by atoms with Gasteiger partial charge in [0.2, 0.25) is 5.91 Å². The molecule has 0 aromatic heterocycles. The Hall–Kier alpha value is -2.97. The monoisotopic (exact) mass is 375 g/mol. The van der Waals surface area contributed by atoms with Crippen LogP contribution >= 0.6 is 0 Å². The maximum atomic E-state index is 12.6. The second-order valence-corrected chi connectivity index (χ2v) is 6.74. The Labute approximate surface area is 158 Å². The summed E-state index contributed by atoms with van der Waals surface area (Å²) in [5.74, 6) is 0.474. The Morgan fingerprint density at radius 3 is 2.48 bits per heavy atom. The first-order valence-electron chi connectivity index (χ1n) is 8.87. The lowest BCUT2D eigenvalue weighted by Gasteiger charge is -2.27. The highest BCUT2D eigenvalue weighted by Gasteiger charge is 2.52. The molecule has 2 fully saturated rings. The number of ether oxygens (including phenoxy) is 1. The van der Waals surface area contributed by atoms with Crippen LogP contribution in [-0.2, 0) is 4.79 Å². The number of hydrogen-bond donors (Lipinski definition) is 2. The third-order valence-electron chi connectivity index (χ3n) is 5.13. The largest absolute Gasteiger partial charge is 0.497 e. The van der Waals surface area contributed by atoms with Crippen molar-refractivity contribution in [3.8, 4) is 5.75 Å². The van der Waals surface area contributed by atoms with Gasteiger partial charge in [-0.3, -0.25) is 9.69 Å². The van der Waals surface area contributed by atoms with Crippen LogP contribution in [0.2, 0.25) is 0 Å². The Balaban J connectivity index is 1.67. The van der Waals surface area contributed by atoms with Gasteiger partial charge in [-0.1, -0.05) is 19.1 Å². The van der Waals surface area contributed by atoms with E-state index in [0.717, 1.165) is 11.3 Å². The third-order valence-corrected chi connectivity index (χ3v) is 5.13. The summed E-state index contributed by atoms with van der Waals surface area (Å²) in [6.45, 7) is 1.86. The number of rotatable bonds is 6. The second-order valence-electron chi connectivity index (χ2n) is 6.74. The molecule has 27 heavy (non-hydrogen) atoms. The van der Waals surface area contributed by atoms with E-state index in [1.807, 2.05) is 31.2 Å². The number of nitrogens with one attached hydrogen (secondary N) is 2. The number of fused-ring (bicyclic) bond motifs is 1. The van der Waals surface area contributed by atoms with Crippen LogP contribution in [0.3, 0.4) is 0 Å². The van der Waals surface area contributed by atoms with E-state index in [1.165, 1.54) is 14.7 Å². The van der Waals surface area contributed by atoms with Gasteiger partial charge in [-0.25, -0.2) is 9.59 Å². The molecule has 9 nitrogen and oxygen atoms in total. The number of hydrogen-bond acceptors (Lipinski definition) is 4. The molecule has 146 valence electrons. The summed E-state index contributed by atoms with van der Waals surface area (Å²) in [4.78, 5) is 41.3. The van der Waals surface area contributed by atoms with Gasteiger partial charge in [0.15, 0.2) is 0 Å². The standard InChI is InChI=1S/C18H25N5O4/c1-5-13(11-6-8-12(27-4)9-7-11)19-14(24)10-23-16-15(20-17(23)25)21(2)18(26)22(16)3/h6-9,13,15-16H,5,10H2,1-4H3,(H,19,24)(H,20,25)/t13-,15+,16+/m0/s1. The van der Waals surface area contributed by atoms with Gasteiger partial charge in [-0.05, 0) is 24.1 Å². The lowest BCUT2D eigenvalue weighted by molar-refractivity contribution is -0.123. The predicted molar refractivity (Wildman–Crippen MR) is 97.9 cm³/mol. The number of nitrogens with zero attached hydrogens (tertiary/aromatic N) is 3. The predicted octanol–water partition coefficient (Wildman–Crippen LogP) is 0.937. The number of amides is 5. The summed E-state index contributed by atoms with van der Waals surface area (Å²) < 4.78 is 5.16. The molecule has 2 aliphatic rings. The Bertz CT molecular complexity index is 738. The van der Waals surface area contributed by atoms with E-state index in [4.69, 9.17) is 4.74 Å². The van der Waals surface area contributed by atoms with E-state index >= 15 is 0 Å². The fraction of sp³-hybridized carbons (Fsp3) is 0.500. The van der Waals surface area contributed by atoms with Gasteiger partial charge in [-0.2, -0.15) is 0 Å². The van der Waals surface area contributed by atoms with Crippen molar-refractivity contribution in [3.05, 3.63) is 29.8 Å². The van der Waals surface area contributed by atoms with Crippen LogP contribution in [0.5, 0.6) is 5.75 Å². The zero-order chi connectivity index (χ0) is 19.7. The first-order valence-corrected chi connectivity index (χ1v) is 8.87. The molecule has 2 N–H and O–H groups in total. The summed E-state index contributed by atoms with van der Waals surface area (Å²) >= 11 is 0. The fourth-order valence-corrected chi connectivity index (χ4v) is 3.59. The molecule has 0 saturated carbocycles. The molecule has 0 unspecified atom stereocenters. The number of carbonyl (C=O) groups excluding carboxylic acids is 3. The topological polar surface area (TPSA) is 94.2 Å². The third kappa shape index (κ3) is 3.36. The van der Waals surface area contributed by atoms with Gasteiger partial charge < -0.3 is 25.2 Å². The van der Waals surface area contributed by atoms with Crippen LogP contribution in [0.1, 0.15) is 24.9 Å². The number of urea groups is 2. The zero-order valence-corrected chi connectivity index (χ0v) is 15.9. The average molecular weight is 375 g/mol. The lowest BCUT2D eigenvalue weighted by Crippen LogP contribution is -2.49. The van der Waals surface area contributed by atoms with Crippen molar-refractivity contribution in [2.45, 2.75) is 31.7 Å². The molecule has 1 aromatic carbocycles. The van der Waals surface area contributed by atoms with E-state index < -0.39 is 12.3 Å². The van der Waals surface area contributed by atoms with Gasteiger partial charge >= 0.3 is 12.1 Å². The molecule has 2 heterocycles. The summed E-state index contributed by atoms with van der Waals surface area (Å²) in [6, 6.07) is 6.78. The SMILES string of the molecule is CC[C@H](NC(=O)CN1C(=O)N[C@H]2[C@@H]1N(C)C(=O)N2C)c1ccc(OC)cc1. The van der Waals surface area contributed by atoms with Crippen molar-refractivity contribution in [1.82, 2.24) is 25.3 Å². The quantitative estimate of drug-likeness (QED) is 0.774.